The van der Waals surface area contributed by atoms with Crippen LogP contribution in [-0.4, -0.2) is 45.9 Å². The molecule has 9 rings (SSSR count). The molecule has 0 saturated heterocycles. The first-order valence-corrected chi connectivity index (χ1v) is 20.2. The zero-order chi connectivity index (χ0) is 38.6. The van der Waals surface area contributed by atoms with Gasteiger partial charge in [0.15, 0.2) is 0 Å². The number of nitrogens with one attached hydrogen (secondary N) is 2. The first-order chi connectivity index (χ1) is 27.0. The van der Waals surface area contributed by atoms with Gasteiger partial charge in [0.05, 0.1) is 32.6 Å². The van der Waals surface area contributed by atoms with Crippen LogP contribution in [0.3, 0.4) is 0 Å². The fraction of sp³-hybridized carbons (Fsp3) is 0. The van der Waals surface area contributed by atoms with E-state index in [1.807, 2.05) is 109 Å². The Hall–Kier alpha value is -6.70. The van der Waals surface area contributed by atoms with Crippen molar-refractivity contribution in [2.24, 2.45) is 0 Å². The summed E-state index contributed by atoms with van der Waals surface area (Å²) in [6, 6.07) is 39.1. The first-order valence-electron chi connectivity index (χ1n) is 17.4. The molecule has 0 unspecified atom stereocenters. The maximum Gasteiger partial charge on any atom is 0.124 e. The number of rotatable bonds is 6. The summed E-state index contributed by atoms with van der Waals surface area (Å²) in [5.74, 6) is 0. The van der Waals surface area contributed by atoms with E-state index < -0.39 is 20.2 Å². The molecule has 0 atom stereocenters. The second-order valence-electron chi connectivity index (χ2n) is 13.2. The van der Waals surface area contributed by atoms with Crippen LogP contribution >= 0.6 is 0 Å². The molecule has 0 amide bonds. The van der Waals surface area contributed by atoms with E-state index >= 15 is 0 Å². The maximum absolute atomic E-state index is 11.9. The Labute approximate surface area is 321 Å². The van der Waals surface area contributed by atoms with Gasteiger partial charge in [-0.1, -0.05) is 84.9 Å². The molecule has 0 aliphatic carbocycles. The zero-order valence-corrected chi connectivity index (χ0v) is 30.8. The molecule has 0 saturated carbocycles. The van der Waals surface area contributed by atoms with Gasteiger partial charge in [-0.25, -0.2) is 26.8 Å². The summed E-state index contributed by atoms with van der Waals surface area (Å²) in [5, 5.41) is 0. The van der Waals surface area contributed by atoms with Gasteiger partial charge in [-0.2, -0.15) is 0 Å². The summed E-state index contributed by atoms with van der Waals surface area (Å²) in [7, 11) is -9.38. The smallest absolute Gasteiger partial charge is 0.124 e. The van der Waals surface area contributed by atoms with Gasteiger partial charge in [-0.15, -0.1) is 0 Å². The van der Waals surface area contributed by atoms with Gasteiger partial charge in [0.1, 0.15) is 20.2 Å². The number of aromatic amines is 2. The first kappa shape index (κ1) is 35.0. The van der Waals surface area contributed by atoms with Crippen LogP contribution in [0.15, 0.2) is 143 Å². The molecule has 5 heterocycles. The second kappa shape index (κ2) is 13.6. The van der Waals surface area contributed by atoms with Crippen LogP contribution in [0.5, 0.6) is 0 Å². The summed E-state index contributed by atoms with van der Waals surface area (Å²) < 4.78 is 71.2. The van der Waals surface area contributed by atoms with Gasteiger partial charge in [-0.3, -0.25) is 0 Å². The van der Waals surface area contributed by atoms with Crippen molar-refractivity contribution in [3.8, 4) is 44.5 Å². The van der Waals surface area contributed by atoms with Crippen LogP contribution in [0.4, 0.5) is 0 Å². The van der Waals surface area contributed by atoms with Gasteiger partial charge in [0, 0.05) is 44.3 Å². The van der Waals surface area contributed by atoms with Gasteiger partial charge in [0.25, 0.3) is 0 Å². The number of hydrogen-bond acceptors (Lipinski definition) is 8. The number of fused-ring (bicyclic) bond motifs is 8. The van der Waals surface area contributed by atoms with Crippen LogP contribution in [0.25, 0.3) is 90.9 Å². The highest BCUT2D eigenvalue weighted by Gasteiger charge is 2.19. The van der Waals surface area contributed by atoms with Crippen LogP contribution in [0.2, 0.25) is 0 Å². The van der Waals surface area contributed by atoms with Crippen LogP contribution < -0.4 is 0 Å². The van der Waals surface area contributed by atoms with E-state index in [9.17, 15) is 25.9 Å². The van der Waals surface area contributed by atoms with E-state index in [2.05, 4.69) is 9.97 Å². The predicted octanol–water partition coefficient (Wildman–Crippen LogP) is 9.13. The Morgan fingerprint density at radius 3 is 0.893 bits per heavy atom. The SMILES string of the molecule is O=S(=O)([O-])c1ccc(-c2c3nc(c(-c4ccc(S(=O)(=O)[O-])cc4)c4ccc([nH]4)c(-c4ccccc4)c4nc(c(-c5ccccc5)c5ccc2[nH]5)C=C4)C=C3)cc1. The highest BCUT2D eigenvalue weighted by Crippen LogP contribution is 2.38. The maximum atomic E-state index is 11.9. The number of hydrogen-bond donors (Lipinski definition) is 2. The molecule has 12 heteroatoms. The molecule has 0 radical (unpaired) electrons. The van der Waals surface area contributed by atoms with Crippen molar-refractivity contribution in [2.45, 2.75) is 9.79 Å². The highest BCUT2D eigenvalue weighted by atomic mass is 32.2. The summed E-state index contributed by atoms with van der Waals surface area (Å²) in [4.78, 5) is 16.9. The van der Waals surface area contributed by atoms with E-state index in [0.29, 0.717) is 44.7 Å². The summed E-state index contributed by atoms with van der Waals surface area (Å²) >= 11 is 0. The Balaban J connectivity index is 1.44. The van der Waals surface area contributed by atoms with Gasteiger partial charge < -0.3 is 19.1 Å². The topological polar surface area (TPSA) is 172 Å². The van der Waals surface area contributed by atoms with E-state index in [-0.39, 0.29) is 9.79 Å². The van der Waals surface area contributed by atoms with E-state index in [1.165, 1.54) is 24.3 Å². The normalized spacial score (nSPS) is 12.6. The lowest BCUT2D eigenvalue weighted by Crippen LogP contribution is -1.98. The molecule has 4 aromatic carbocycles. The molecule has 0 spiro atoms. The van der Waals surface area contributed by atoms with Crippen molar-refractivity contribution >= 4 is 66.6 Å². The average molecular weight is 773 g/mol. The summed E-state index contributed by atoms with van der Waals surface area (Å²) in [6.07, 6.45) is 7.67. The molecule has 2 aliphatic heterocycles. The lowest BCUT2D eigenvalue weighted by atomic mass is 10.0. The van der Waals surface area contributed by atoms with Crippen molar-refractivity contribution in [1.29, 1.82) is 0 Å². The highest BCUT2D eigenvalue weighted by molar-refractivity contribution is 7.86. The third-order valence-electron chi connectivity index (χ3n) is 9.74. The minimum absolute atomic E-state index is 0.357. The minimum Gasteiger partial charge on any atom is -0.744 e. The molecule has 2 aliphatic rings. The standard InChI is InChI=1S/C44H30N4O6S2/c49-55(50,51)31-15-11-29(12-16-31)43-37-23-21-35(46-37)41(27-7-3-1-4-8-27)33-19-20-34(45-33)42(28-9-5-2-6-10-28)36-22-24-38(47-36)44(40-26-25-39(43)48-40)30-13-17-32(18-14-30)56(52,53)54/h1-26,46-47H,(H,49,50,51)(H,52,53,54)/p-2. The lowest BCUT2D eigenvalue weighted by Gasteiger charge is -2.10. The summed E-state index contributed by atoms with van der Waals surface area (Å²) in [5.41, 5.74) is 11.5. The number of aromatic nitrogens is 4. The average Bonchev–Trinajstić information content (AvgIpc) is 4.03. The van der Waals surface area contributed by atoms with E-state index in [0.717, 1.165) is 44.7 Å². The predicted molar refractivity (Wildman–Crippen MR) is 217 cm³/mol. The van der Waals surface area contributed by atoms with Crippen molar-refractivity contribution in [1.82, 2.24) is 19.9 Å². The minimum atomic E-state index is -4.69. The molecule has 10 nitrogen and oxygen atoms in total. The Morgan fingerprint density at radius 2 is 0.625 bits per heavy atom. The monoisotopic (exact) mass is 772 g/mol. The van der Waals surface area contributed by atoms with E-state index in [4.69, 9.17) is 9.97 Å². The molecule has 8 bridgehead atoms. The van der Waals surface area contributed by atoms with Gasteiger partial charge >= 0.3 is 0 Å². The third-order valence-corrected chi connectivity index (χ3v) is 11.4. The Kier molecular flexibility index (Phi) is 8.48. The van der Waals surface area contributed by atoms with E-state index in [1.54, 1.807) is 24.3 Å². The van der Waals surface area contributed by atoms with Gasteiger partial charge in [0.2, 0.25) is 0 Å². The zero-order valence-electron chi connectivity index (χ0n) is 29.2. The number of nitrogens with zero attached hydrogens (tertiary/aromatic N) is 2. The Morgan fingerprint density at radius 1 is 0.357 bits per heavy atom. The van der Waals surface area contributed by atoms with Crippen LogP contribution in [0, 0.1) is 0 Å². The second-order valence-corrected chi connectivity index (χ2v) is 16.0. The van der Waals surface area contributed by atoms with Crippen molar-refractivity contribution < 1.29 is 25.9 Å². The van der Waals surface area contributed by atoms with Crippen LogP contribution in [0.1, 0.15) is 22.8 Å². The fourth-order valence-electron chi connectivity index (χ4n) is 7.21. The Bertz CT molecular complexity index is 2940. The molecule has 7 aromatic rings. The van der Waals surface area contributed by atoms with Crippen molar-refractivity contribution in [3.05, 3.63) is 156 Å². The largest absolute Gasteiger partial charge is 0.744 e. The lowest BCUT2D eigenvalue weighted by molar-refractivity contribution is 0.461. The molecule has 2 N–H and O–H groups in total. The van der Waals surface area contributed by atoms with Crippen LogP contribution in [-0.2, 0) is 20.2 Å². The third kappa shape index (κ3) is 6.46. The molecule has 3 aromatic heterocycles. The van der Waals surface area contributed by atoms with Crippen molar-refractivity contribution in [3.63, 3.8) is 0 Å². The fourth-order valence-corrected chi connectivity index (χ4v) is 8.15. The summed E-state index contributed by atoms with van der Waals surface area (Å²) in [6.45, 7) is 0. The van der Waals surface area contributed by atoms with Crippen molar-refractivity contribution in [2.75, 3.05) is 0 Å². The molecular formula is C44H28N4O6S2-2. The molecular weight excluding hydrogens is 745 g/mol. The molecule has 0 fully saturated rings. The quantitative estimate of drug-likeness (QED) is 0.158. The molecule has 274 valence electrons. The number of H-pyrrole nitrogens is 2. The number of benzene rings is 4. The van der Waals surface area contributed by atoms with Gasteiger partial charge in [-0.05, 0) is 95.1 Å². The molecule has 56 heavy (non-hydrogen) atoms.